The highest BCUT2D eigenvalue weighted by atomic mass is 35.5. The van der Waals surface area contributed by atoms with Gasteiger partial charge >= 0.3 is 11.9 Å². The average Bonchev–Trinajstić information content (AvgIpc) is 3.93. The third kappa shape index (κ3) is 13.4. The van der Waals surface area contributed by atoms with Crippen LogP contribution in [0.2, 0.25) is 5.02 Å². The first-order valence-corrected chi connectivity index (χ1v) is 22.0. The van der Waals surface area contributed by atoms with Gasteiger partial charge in [-0.15, -0.1) is 0 Å². The van der Waals surface area contributed by atoms with Crippen LogP contribution in [0.25, 0.3) is 0 Å². The van der Waals surface area contributed by atoms with Crippen LogP contribution in [0.5, 0.6) is 5.75 Å². The summed E-state index contributed by atoms with van der Waals surface area (Å²) in [5, 5.41) is 9.49. The fraction of sp³-hybridized carbons (Fsp3) is 0.571. The van der Waals surface area contributed by atoms with Crippen LogP contribution in [0.4, 0.5) is 0 Å². The molecule has 0 bridgehead atoms. The Hall–Kier alpha value is -3.23. The van der Waals surface area contributed by atoms with Gasteiger partial charge in [0.25, 0.3) is 0 Å². The third-order valence-corrected chi connectivity index (χ3v) is 12.7. The third-order valence-electron chi connectivity index (χ3n) is 9.78. The van der Waals surface area contributed by atoms with E-state index in [9.17, 15) is 19.2 Å². The van der Waals surface area contributed by atoms with E-state index in [1.807, 2.05) is 31.6 Å². The highest BCUT2D eigenvalue weighted by Crippen LogP contribution is 2.45. The molecule has 2 heterocycles. The molecule has 308 valence electrons. The Morgan fingerprint density at radius 3 is 2.38 bits per heavy atom. The Kier molecular flexibility index (Phi) is 16.6. The zero-order valence-electron chi connectivity index (χ0n) is 33.9. The number of hydrogen-bond donors (Lipinski definition) is 3. The van der Waals surface area contributed by atoms with E-state index in [1.54, 1.807) is 48.9 Å². The van der Waals surface area contributed by atoms with Crippen LogP contribution in [-0.4, -0.2) is 79.3 Å². The van der Waals surface area contributed by atoms with Crippen LogP contribution in [0, 0.1) is 17.3 Å². The average molecular weight is 833 g/mol. The minimum Gasteiger partial charge on any atom is -0.495 e. The summed E-state index contributed by atoms with van der Waals surface area (Å²) in [7, 11) is 5.13. The lowest BCUT2D eigenvalue weighted by atomic mass is 9.92. The number of hydrogen-bond acceptors (Lipinski definition) is 11. The topological polar surface area (TPSA) is 145 Å². The maximum absolute atomic E-state index is 13.8. The number of cyclic esters (lactones) is 2. The van der Waals surface area contributed by atoms with Gasteiger partial charge in [0.1, 0.15) is 24.0 Å². The fourth-order valence-corrected chi connectivity index (χ4v) is 8.83. The molecule has 11 nitrogen and oxygen atoms in total. The minimum absolute atomic E-state index is 0.00971. The molecule has 0 aliphatic carbocycles. The molecule has 14 heteroatoms. The fourth-order valence-electron chi connectivity index (χ4n) is 6.41. The molecule has 4 rings (SSSR count). The van der Waals surface area contributed by atoms with Gasteiger partial charge in [-0.1, -0.05) is 90.4 Å². The number of methoxy groups -OCH3 is 1. The molecule has 2 amide bonds. The summed E-state index contributed by atoms with van der Waals surface area (Å²) in [6, 6.07) is 12.5. The van der Waals surface area contributed by atoms with Gasteiger partial charge in [0.2, 0.25) is 11.8 Å². The van der Waals surface area contributed by atoms with Gasteiger partial charge in [0.05, 0.1) is 23.7 Å². The maximum Gasteiger partial charge on any atom is 0.347 e. The van der Waals surface area contributed by atoms with Crippen molar-refractivity contribution >= 4 is 56.9 Å². The van der Waals surface area contributed by atoms with Gasteiger partial charge < -0.3 is 34.9 Å². The summed E-state index contributed by atoms with van der Waals surface area (Å²) in [6.45, 7) is 15.0. The van der Waals surface area contributed by atoms with Crippen molar-refractivity contribution in [1.29, 1.82) is 0 Å². The Bertz CT molecular complexity index is 1700. The molecule has 0 unspecified atom stereocenters. The van der Waals surface area contributed by atoms with Crippen LogP contribution >= 0.6 is 33.2 Å². The van der Waals surface area contributed by atoms with Crippen LogP contribution in [0.3, 0.4) is 0 Å². The van der Waals surface area contributed by atoms with Crippen molar-refractivity contribution in [3.8, 4) is 5.75 Å². The van der Waals surface area contributed by atoms with E-state index in [0.29, 0.717) is 16.3 Å². The van der Waals surface area contributed by atoms with Crippen molar-refractivity contribution in [2.75, 3.05) is 26.5 Å². The number of benzene rings is 2. The highest BCUT2D eigenvalue weighted by molar-refractivity contribution is 8.77. The molecule has 6 atom stereocenters. The summed E-state index contributed by atoms with van der Waals surface area (Å²) in [5.74, 6) is -2.12. The van der Waals surface area contributed by atoms with Gasteiger partial charge in [-0.2, -0.15) is 0 Å². The number of epoxide rings is 1. The number of rotatable bonds is 14. The molecule has 2 aromatic carbocycles. The number of esters is 2. The zero-order valence-corrected chi connectivity index (χ0v) is 36.3. The van der Waals surface area contributed by atoms with Crippen molar-refractivity contribution in [1.82, 2.24) is 16.0 Å². The first kappa shape index (κ1) is 45.5. The van der Waals surface area contributed by atoms with Gasteiger partial charge in [-0.3, -0.25) is 14.4 Å². The van der Waals surface area contributed by atoms with E-state index < -0.39 is 47.4 Å². The van der Waals surface area contributed by atoms with Crippen molar-refractivity contribution in [2.45, 2.75) is 109 Å². The predicted molar refractivity (Wildman–Crippen MR) is 224 cm³/mol. The second kappa shape index (κ2) is 20.5. The highest BCUT2D eigenvalue weighted by Gasteiger charge is 2.48. The van der Waals surface area contributed by atoms with Crippen molar-refractivity contribution < 1.29 is 38.1 Å². The van der Waals surface area contributed by atoms with Crippen molar-refractivity contribution in [3.63, 3.8) is 0 Å². The molecule has 2 aromatic rings. The van der Waals surface area contributed by atoms with E-state index in [-0.39, 0.29) is 54.6 Å². The van der Waals surface area contributed by atoms with E-state index in [1.165, 1.54) is 18.7 Å². The number of nitrogens with one attached hydrogen (secondary N) is 3. The van der Waals surface area contributed by atoms with E-state index in [4.69, 9.17) is 30.5 Å². The Morgan fingerprint density at radius 2 is 1.73 bits per heavy atom. The number of carbonyl (C=O) groups excluding carboxylic acids is 4. The Labute approximate surface area is 344 Å². The SMILES string of the molecule is COc1ccc(C[C@H]2NC(=O)/C=C/C[C@@H]([C@H](C)[C@@H]3O[C@@H]3c3ccc(CNCC(C)(C)SSC)cc3)OC(=O)[C@H](CC(C)C)OC(=O)C(C)(C)CNC2=O)cc1Cl. The monoisotopic (exact) mass is 831 g/mol. The summed E-state index contributed by atoms with van der Waals surface area (Å²) in [6.07, 6.45) is 3.30. The largest absolute Gasteiger partial charge is 0.495 e. The van der Waals surface area contributed by atoms with E-state index in [0.717, 1.165) is 18.7 Å². The number of amides is 2. The Balaban J connectivity index is 1.53. The van der Waals surface area contributed by atoms with Crippen LogP contribution < -0.4 is 20.7 Å². The second-order valence-electron chi connectivity index (χ2n) is 16.2. The van der Waals surface area contributed by atoms with Crippen molar-refractivity contribution in [3.05, 3.63) is 76.3 Å². The molecule has 0 spiro atoms. The number of ether oxygens (including phenoxy) is 4. The lowest BCUT2D eigenvalue weighted by molar-refractivity contribution is -0.179. The predicted octanol–water partition coefficient (Wildman–Crippen LogP) is 7.00. The first-order chi connectivity index (χ1) is 26.4. The van der Waals surface area contributed by atoms with E-state index >= 15 is 0 Å². The normalized spacial score (nSPS) is 24.7. The molecule has 2 aliphatic heterocycles. The molecule has 3 N–H and O–H groups in total. The maximum atomic E-state index is 13.8. The zero-order chi connectivity index (χ0) is 41.2. The number of carbonyl (C=O) groups is 4. The van der Waals surface area contributed by atoms with Crippen LogP contribution in [0.15, 0.2) is 54.6 Å². The minimum atomic E-state index is -1.21. The summed E-state index contributed by atoms with van der Waals surface area (Å²) in [4.78, 5) is 54.2. The second-order valence-corrected chi connectivity index (χ2v) is 19.7. The van der Waals surface area contributed by atoms with Crippen LogP contribution in [-0.2, 0) is 46.4 Å². The number of halogens is 1. The molecule has 0 radical (unpaired) electrons. The summed E-state index contributed by atoms with van der Waals surface area (Å²) in [5.41, 5.74) is 1.67. The molecule has 1 fully saturated rings. The van der Waals surface area contributed by atoms with Gasteiger partial charge in [0.15, 0.2) is 6.10 Å². The molecule has 2 aliphatic rings. The van der Waals surface area contributed by atoms with E-state index in [2.05, 4.69) is 60.3 Å². The molecule has 0 aromatic heterocycles. The molecule has 0 saturated carbocycles. The van der Waals surface area contributed by atoms with Gasteiger partial charge in [-0.25, -0.2) is 4.79 Å². The van der Waals surface area contributed by atoms with Gasteiger partial charge in [0, 0.05) is 43.1 Å². The lowest BCUT2D eigenvalue weighted by Gasteiger charge is -2.29. The quantitative estimate of drug-likeness (QED) is 0.103. The smallest absolute Gasteiger partial charge is 0.347 e. The molecule has 1 saturated heterocycles. The lowest BCUT2D eigenvalue weighted by Crippen LogP contribution is -2.51. The molecule has 56 heavy (non-hydrogen) atoms. The molecular weight excluding hydrogens is 774 g/mol. The van der Waals surface area contributed by atoms with Gasteiger partial charge in [-0.05, 0) is 81.2 Å². The van der Waals surface area contributed by atoms with Crippen molar-refractivity contribution in [2.24, 2.45) is 17.3 Å². The van der Waals surface area contributed by atoms with Crippen LogP contribution in [0.1, 0.15) is 84.1 Å². The molecular formula is C42H58ClN3O8S2. The Morgan fingerprint density at radius 1 is 1.04 bits per heavy atom. The standard InChI is InChI=1S/C42H58ClN3O8S2/c1-25(2)19-34-39(49)52-32(26(3)36-37(54-36)29-16-13-27(14-17-29)22-44-24-42(6,7)56-55-9)11-10-12-35(47)46-31(21-28-15-18-33(51-8)30(43)20-28)38(48)45-23-41(4,5)40(50)53-34/h10,12-18,20,25-26,31-32,34,36-37,44H,11,19,21-24H2,1-9H3,(H,45,48)(H,46,47)/b12-10+/t26-,31+,32-,34-,36-,37+/m0/s1. The first-order valence-electron chi connectivity index (χ1n) is 19.1. The summed E-state index contributed by atoms with van der Waals surface area (Å²) < 4.78 is 23.5. The summed E-state index contributed by atoms with van der Waals surface area (Å²) >= 11 is 6.36.